The lowest BCUT2D eigenvalue weighted by Crippen LogP contribution is -2.49. The lowest BCUT2D eigenvalue weighted by molar-refractivity contribution is -0.137. The Labute approximate surface area is 107 Å². The Morgan fingerprint density at radius 3 is 2.00 bits per heavy atom. The predicted octanol–water partition coefficient (Wildman–Crippen LogP) is 2.46. The van der Waals surface area contributed by atoms with E-state index in [9.17, 15) is 4.79 Å². The lowest BCUT2D eigenvalue weighted by Gasteiger charge is -2.31. The summed E-state index contributed by atoms with van der Waals surface area (Å²) in [6, 6.07) is -0.535. The number of nitrogens with two attached hydrogens (primary N) is 1. The molecule has 4 nitrogen and oxygen atoms in total. The van der Waals surface area contributed by atoms with Crippen molar-refractivity contribution in [2.45, 2.75) is 59.0 Å². The first-order valence-electron chi connectivity index (χ1n) is 6.11. The van der Waals surface area contributed by atoms with Crippen LogP contribution in [0.1, 0.15) is 20.3 Å². The summed E-state index contributed by atoms with van der Waals surface area (Å²) in [6.45, 7) is 14.1. The number of rotatable bonds is 6. The molecule has 2 N–H and O–H groups in total. The van der Waals surface area contributed by atoms with Crippen LogP contribution in [0.3, 0.4) is 0 Å². The number of hydrogen-bond donors (Lipinski definition) is 1. The van der Waals surface area contributed by atoms with Gasteiger partial charge in [-0.3, -0.25) is 4.79 Å². The Morgan fingerprint density at radius 2 is 1.65 bits per heavy atom. The smallest absolute Gasteiger partial charge is 0.385 e. The second kappa shape index (κ2) is 6.13. The van der Waals surface area contributed by atoms with Gasteiger partial charge < -0.3 is 14.3 Å². The fourth-order valence-corrected chi connectivity index (χ4v) is 8.38. The predicted molar refractivity (Wildman–Crippen MR) is 75.4 cm³/mol. The van der Waals surface area contributed by atoms with Crippen LogP contribution < -0.4 is 5.73 Å². The van der Waals surface area contributed by atoms with Crippen molar-refractivity contribution in [3.05, 3.63) is 0 Å². The number of hydrogen-bond acceptors (Lipinski definition) is 4. The second-order valence-corrected chi connectivity index (χ2v) is 14.3. The second-order valence-electron chi connectivity index (χ2n) is 6.27. The maximum atomic E-state index is 11.8. The molecule has 1 atom stereocenters. The molecule has 0 saturated carbocycles. The molecule has 0 aromatic carbocycles. The normalized spacial score (nSPS) is 14.9. The van der Waals surface area contributed by atoms with Crippen LogP contribution in [0.2, 0.25) is 32.7 Å². The number of carbonyl (C=O) groups is 1. The molecule has 0 heterocycles. The monoisotopic (exact) mass is 277 g/mol. The van der Waals surface area contributed by atoms with Crippen LogP contribution in [0.15, 0.2) is 0 Å². The fraction of sp³-hybridized carbons (Fsp3) is 0.909. The first-order valence-corrected chi connectivity index (χ1v) is 12.3. The summed E-state index contributed by atoms with van der Waals surface area (Å²) < 4.78 is 11.4. The van der Waals surface area contributed by atoms with E-state index in [2.05, 4.69) is 19.6 Å². The molecule has 1 unspecified atom stereocenters. The van der Waals surface area contributed by atoms with Crippen LogP contribution in [0, 0.1) is 5.92 Å². The summed E-state index contributed by atoms with van der Waals surface area (Å²) in [4.78, 5) is 11.8. The molecule has 0 radical (unpaired) electrons. The summed E-state index contributed by atoms with van der Waals surface area (Å²) in [5, 5.41) is 0. The molecule has 6 heteroatoms. The molecule has 0 bridgehead atoms. The highest BCUT2D eigenvalue weighted by molar-refractivity contribution is 6.81. The van der Waals surface area contributed by atoms with Gasteiger partial charge >= 0.3 is 14.5 Å². The summed E-state index contributed by atoms with van der Waals surface area (Å²) in [6.07, 6.45) is 0.649. The molecule has 0 fully saturated rings. The van der Waals surface area contributed by atoms with Gasteiger partial charge in [-0.15, -0.1) is 0 Å². The molecule has 0 aliphatic heterocycles. The van der Waals surface area contributed by atoms with Gasteiger partial charge in [0.15, 0.2) is 8.32 Å². The van der Waals surface area contributed by atoms with Gasteiger partial charge in [-0.2, -0.15) is 0 Å². The largest absolute Gasteiger partial charge is 0.494 e. The van der Waals surface area contributed by atoms with Crippen molar-refractivity contribution in [1.29, 1.82) is 0 Å². The lowest BCUT2D eigenvalue weighted by atomic mass is 10.1. The van der Waals surface area contributed by atoms with Crippen LogP contribution in [-0.4, -0.2) is 28.9 Å². The van der Waals surface area contributed by atoms with E-state index in [1.54, 1.807) is 0 Å². The third-order valence-electron chi connectivity index (χ3n) is 1.93. The van der Waals surface area contributed by atoms with Crippen molar-refractivity contribution in [1.82, 2.24) is 0 Å². The van der Waals surface area contributed by atoms with E-state index in [0.717, 1.165) is 0 Å². The van der Waals surface area contributed by atoms with E-state index in [1.807, 2.05) is 26.9 Å². The minimum atomic E-state index is -2.38. The van der Waals surface area contributed by atoms with Gasteiger partial charge in [-0.05, 0) is 45.1 Å². The van der Waals surface area contributed by atoms with Gasteiger partial charge in [0.05, 0.1) is 0 Å². The van der Waals surface area contributed by atoms with E-state index in [1.165, 1.54) is 0 Å². The Bertz CT molecular complexity index is 262. The van der Waals surface area contributed by atoms with Crippen molar-refractivity contribution in [2.24, 2.45) is 11.7 Å². The highest BCUT2D eigenvalue weighted by Crippen LogP contribution is 2.16. The van der Waals surface area contributed by atoms with E-state index < -0.39 is 22.9 Å². The van der Waals surface area contributed by atoms with Crippen LogP contribution in [-0.2, 0) is 13.3 Å². The molecule has 0 aromatic heterocycles. The molecule has 0 amide bonds. The van der Waals surface area contributed by atoms with Crippen LogP contribution in [0.5, 0.6) is 0 Å². The zero-order valence-corrected chi connectivity index (χ0v) is 14.2. The Kier molecular flexibility index (Phi) is 6.06. The molecular formula is C11H27NO3Si2. The summed E-state index contributed by atoms with van der Waals surface area (Å²) in [7, 11) is -4.07. The summed E-state index contributed by atoms with van der Waals surface area (Å²) >= 11 is 0. The molecule has 0 aromatic rings. The van der Waals surface area contributed by atoms with Gasteiger partial charge in [0.25, 0.3) is 0 Å². The maximum absolute atomic E-state index is 11.8. The third kappa shape index (κ3) is 8.53. The third-order valence-corrected chi connectivity index (χ3v) is 7.04. The van der Waals surface area contributed by atoms with Gasteiger partial charge in [0, 0.05) is 0 Å². The highest BCUT2D eigenvalue weighted by atomic mass is 28.4. The van der Waals surface area contributed by atoms with Gasteiger partial charge in [-0.25, -0.2) is 0 Å². The molecule has 0 aliphatic rings. The average molecular weight is 278 g/mol. The molecule has 0 saturated heterocycles. The van der Waals surface area contributed by atoms with Gasteiger partial charge in [-0.1, -0.05) is 13.8 Å². The van der Waals surface area contributed by atoms with E-state index in [0.29, 0.717) is 12.3 Å². The SMILES string of the molecule is CC(C)CC(N)C(=O)O[Si](C)(C)O[Si](C)(C)C. The van der Waals surface area contributed by atoms with Crippen LogP contribution >= 0.6 is 0 Å². The molecule has 102 valence electrons. The van der Waals surface area contributed by atoms with E-state index >= 15 is 0 Å². The summed E-state index contributed by atoms with van der Waals surface area (Å²) in [5.74, 6) is 0.0638. The Balaban J connectivity index is 4.36. The van der Waals surface area contributed by atoms with Gasteiger partial charge in [0.1, 0.15) is 6.04 Å². The van der Waals surface area contributed by atoms with E-state index in [4.69, 9.17) is 14.3 Å². The zero-order valence-electron chi connectivity index (χ0n) is 12.2. The Hall–Kier alpha value is -0.176. The Morgan fingerprint density at radius 1 is 1.18 bits per heavy atom. The van der Waals surface area contributed by atoms with E-state index in [-0.39, 0.29) is 5.97 Å². The topological polar surface area (TPSA) is 61.6 Å². The standard InChI is InChI=1S/C11H27NO3Si2/c1-9(2)8-10(12)11(13)14-17(6,7)15-16(3,4)5/h9-10H,8,12H2,1-7H3. The minimum absolute atomic E-state index is 0.325. The van der Waals surface area contributed by atoms with Crippen molar-refractivity contribution >= 4 is 22.8 Å². The first kappa shape index (κ1) is 16.8. The molecule has 17 heavy (non-hydrogen) atoms. The van der Waals surface area contributed by atoms with Crippen molar-refractivity contribution in [3.63, 3.8) is 0 Å². The fourth-order valence-electron chi connectivity index (χ4n) is 1.68. The molecule has 0 aliphatic carbocycles. The quantitative estimate of drug-likeness (QED) is 0.758. The highest BCUT2D eigenvalue weighted by Gasteiger charge is 2.36. The van der Waals surface area contributed by atoms with Crippen LogP contribution in [0.4, 0.5) is 0 Å². The van der Waals surface area contributed by atoms with Crippen molar-refractivity contribution in [2.75, 3.05) is 0 Å². The molecular weight excluding hydrogens is 250 g/mol. The molecule has 0 spiro atoms. The minimum Gasteiger partial charge on any atom is -0.494 e. The maximum Gasteiger partial charge on any atom is 0.385 e. The average Bonchev–Trinajstić information content (AvgIpc) is 1.95. The molecule has 0 rings (SSSR count). The van der Waals surface area contributed by atoms with Crippen molar-refractivity contribution in [3.8, 4) is 0 Å². The first-order chi connectivity index (χ1) is 7.43. The number of carbonyl (C=O) groups excluding carboxylic acids is 1. The van der Waals surface area contributed by atoms with Gasteiger partial charge in [0.2, 0.25) is 0 Å². The summed E-state index contributed by atoms with van der Waals surface area (Å²) in [5.41, 5.74) is 5.79. The van der Waals surface area contributed by atoms with Crippen molar-refractivity contribution < 1.29 is 13.3 Å². The zero-order chi connectivity index (χ0) is 13.9. The van der Waals surface area contributed by atoms with Crippen LogP contribution in [0.25, 0.3) is 0 Å².